The SMILES string of the molecule is COc1cc(-c2ccnc(NC(=O)C3CC3)c2)ccc1CCC(=O)c1noc(C(C)(C)C)n1. The van der Waals surface area contributed by atoms with Crippen LogP contribution in [0.1, 0.15) is 62.1 Å². The molecule has 1 aliphatic carbocycles. The van der Waals surface area contributed by atoms with E-state index in [4.69, 9.17) is 9.26 Å². The van der Waals surface area contributed by atoms with Crippen molar-refractivity contribution in [1.29, 1.82) is 0 Å². The van der Waals surface area contributed by atoms with Crippen LogP contribution in [0.25, 0.3) is 11.1 Å². The summed E-state index contributed by atoms with van der Waals surface area (Å²) in [4.78, 5) is 33.1. The van der Waals surface area contributed by atoms with Crippen LogP contribution in [0.2, 0.25) is 0 Å². The van der Waals surface area contributed by atoms with Gasteiger partial charge in [-0.05, 0) is 54.2 Å². The molecule has 0 spiro atoms. The molecule has 8 nitrogen and oxygen atoms in total. The van der Waals surface area contributed by atoms with Gasteiger partial charge in [0.2, 0.25) is 23.4 Å². The second-order valence-electron chi connectivity index (χ2n) is 9.32. The Morgan fingerprint density at radius 3 is 2.58 bits per heavy atom. The van der Waals surface area contributed by atoms with Gasteiger partial charge in [0.1, 0.15) is 11.6 Å². The third kappa shape index (κ3) is 5.45. The minimum Gasteiger partial charge on any atom is -0.496 e. The molecule has 33 heavy (non-hydrogen) atoms. The van der Waals surface area contributed by atoms with E-state index in [1.54, 1.807) is 13.3 Å². The first-order valence-electron chi connectivity index (χ1n) is 11.1. The number of amides is 1. The number of Topliss-reactive ketones (excluding diaryl/α,β-unsaturated/α-hetero) is 1. The lowest BCUT2D eigenvalue weighted by atomic mass is 9.97. The number of methoxy groups -OCH3 is 1. The third-order valence-electron chi connectivity index (χ3n) is 5.52. The molecule has 8 heteroatoms. The van der Waals surface area contributed by atoms with Crippen LogP contribution < -0.4 is 10.1 Å². The van der Waals surface area contributed by atoms with Gasteiger partial charge in [-0.2, -0.15) is 4.98 Å². The molecule has 0 aliphatic heterocycles. The molecule has 1 N–H and O–H groups in total. The summed E-state index contributed by atoms with van der Waals surface area (Å²) >= 11 is 0. The van der Waals surface area contributed by atoms with Gasteiger partial charge in [-0.3, -0.25) is 9.59 Å². The number of hydrogen-bond donors (Lipinski definition) is 1. The van der Waals surface area contributed by atoms with Crippen LogP contribution in [-0.2, 0) is 16.6 Å². The maximum absolute atomic E-state index is 12.6. The Labute approximate surface area is 192 Å². The number of carbonyl (C=O) groups excluding carboxylic acids is 2. The van der Waals surface area contributed by atoms with Crippen molar-refractivity contribution in [3.05, 3.63) is 53.8 Å². The smallest absolute Gasteiger partial charge is 0.238 e. The molecule has 0 radical (unpaired) electrons. The van der Waals surface area contributed by atoms with E-state index in [9.17, 15) is 9.59 Å². The molecule has 1 saturated carbocycles. The van der Waals surface area contributed by atoms with Crippen LogP contribution >= 0.6 is 0 Å². The molecule has 4 rings (SSSR count). The fourth-order valence-electron chi connectivity index (χ4n) is 3.38. The van der Waals surface area contributed by atoms with Gasteiger partial charge < -0.3 is 14.6 Å². The molecule has 1 aromatic carbocycles. The first-order valence-corrected chi connectivity index (χ1v) is 11.1. The lowest BCUT2D eigenvalue weighted by Crippen LogP contribution is -2.14. The van der Waals surface area contributed by atoms with Gasteiger partial charge in [0, 0.05) is 24.0 Å². The number of hydrogen-bond acceptors (Lipinski definition) is 7. The summed E-state index contributed by atoms with van der Waals surface area (Å²) in [5, 5.41) is 6.71. The molecule has 0 bridgehead atoms. The van der Waals surface area contributed by atoms with Crippen LogP contribution in [0.3, 0.4) is 0 Å². The van der Waals surface area contributed by atoms with E-state index in [-0.39, 0.29) is 35.3 Å². The molecule has 1 amide bonds. The Kier molecular flexibility index (Phi) is 6.26. The summed E-state index contributed by atoms with van der Waals surface area (Å²) in [6, 6.07) is 9.57. The predicted molar refractivity (Wildman–Crippen MR) is 123 cm³/mol. The van der Waals surface area contributed by atoms with Crippen molar-refractivity contribution in [3.63, 3.8) is 0 Å². The van der Waals surface area contributed by atoms with Gasteiger partial charge >= 0.3 is 0 Å². The highest BCUT2D eigenvalue weighted by Crippen LogP contribution is 2.32. The first kappa shape index (κ1) is 22.6. The average Bonchev–Trinajstić information content (AvgIpc) is 3.52. The largest absolute Gasteiger partial charge is 0.496 e. The molecule has 0 atom stereocenters. The zero-order valence-corrected chi connectivity index (χ0v) is 19.3. The second-order valence-corrected chi connectivity index (χ2v) is 9.32. The third-order valence-corrected chi connectivity index (χ3v) is 5.52. The van der Waals surface area contributed by atoms with Crippen LogP contribution in [0.5, 0.6) is 5.75 Å². The highest BCUT2D eigenvalue weighted by atomic mass is 16.5. The average molecular weight is 449 g/mol. The molecular weight excluding hydrogens is 420 g/mol. The number of rotatable bonds is 8. The molecule has 0 unspecified atom stereocenters. The van der Waals surface area contributed by atoms with Crippen LogP contribution in [0.4, 0.5) is 5.82 Å². The molecule has 1 aliphatic rings. The van der Waals surface area contributed by atoms with Crippen LogP contribution in [-0.4, -0.2) is 33.9 Å². The number of benzene rings is 1. The summed E-state index contributed by atoms with van der Waals surface area (Å²) in [7, 11) is 1.60. The maximum atomic E-state index is 12.6. The van der Waals surface area contributed by atoms with Crippen molar-refractivity contribution in [2.24, 2.45) is 5.92 Å². The minimum absolute atomic E-state index is 0.0217. The Balaban J connectivity index is 1.45. The fourth-order valence-corrected chi connectivity index (χ4v) is 3.38. The Bertz CT molecular complexity index is 1180. The maximum Gasteiger partial charge on any atom is 0.238 e. The number of ether oxygens (including phenoxy) is 1. The normalized spacial score (nSPS) is 13.6. The van der Waals surface area contributed by atoms with Gasteiger partial charge in [-0.25, -0.2) is 4.98 Å². The molecule has 2 aromatic heterocycles. The topological polar surface area (TPSA) is 107 Å². The molecule has 0 saturated heterocycles. The molecular formula is C25H28N4O4. The Morgan fingerprint density at radius 2 is 1.91 bits per heavy atom. The number of carbonyl (C=O) groups is 2. The van der Waals surface area contributed by atoms with E-state index in [2.05, 4.69) is 20.4 Å². The standard InChI is InChI=1S/C25H28N4O4/c1-25(2,3)24-28-22(29-33-24)19(30)10-9-15-5-8-17(13-20(15)32-4)18-11-12-26-21(14-18)27-23(31)16-6-7-16/h5,8,11-14,16H,6-7,9-10H2,1-4H3,(H,26,27,31). The number of nitrogens with zero attached hydrogens (tertiary/aromatic N) is 3. The van der Waals surface area contributed by atoms with Gasteiger partial charge in [0.15, 0.2) is 0 Å². The highest BCUT2D eigenvalue weighted by molar-refractivity contribution is 5.94. The number of anilines is 1. The number of ketones is 1. The minimum atomic E-state index is -0.307. The molecule has 172 valence electrons. The number of nitrogens with one attached hydrogen (secondary N) is 1. The second kappa shape index (κ2) is 9.13. The Hall–Kier alpha value is -3.55. The van der Waals surface area contributed by atoms with Crippen molar-refractivity contribution in [1.82, 2.24) is 15.1 Å². The molecule has 3 aromatic rings. The molecule has 1 fully saturated rings. The highest BCUT2D eigenvalue weighted by Gasteiger charge is 2.29. The van der Waals surface area contributed by atoms with E-state index >= 15 is 0 Å². The van der Waals surface area contributed by atoms with Gasteiger partial charge in [-0.1, -0.05) is 38.1 Å². The lowest BCUT2D eigenvalue weighted by molar-refractivity contribution is -0.117. The van der Waals surface area contributed by atoms with Crippen LogP contribution in [0.15, 0.2) is 41.1 Å². The number of pyridine rings is 1. The number of aryl methyl sites for hydroxylation is 1. The van der Waals surface area contributed by atoms with Crippen molar-refractivity contribution >= 4 is 17.5 Å². The Morgan fingerprint density at radius 1 is 1.15 bits per heavy atom. The number of aromatic nitrogens is 3. The van der Waals surface area contributed by atoms with E-state index in [0.29, 0.717) is 23.9 Å². The predicted octanol–water partition coefficient (Wildman–Crippen LogP) is 4.60. The van der Waals surface area contributed by atoms with Crippen molar-refractivity contribution in [2.45, 2.75) is 51.9 Å². The monoisotopic (exact) mass is 448 g/mol. The summed E-state index contributed by atoms with van der Waals surface area (Å²) in [5.41, 5.74) is 2.45. The first-order chi connectivity index (χ1) is 15.7. The lowest BCUT2D eigenvalue weighted by Gasteiger charge is -2.11. The van der Waals surface area contributed by atoms with Gasteiger partial charge in [0.05, 0.1) is 7.11 Å². The van der Waals surface area contributed by atoms with Crippen molar-refractivity contribution in [3.8, 4) is 16.9 Å². The van der Waals surface area contributed by atoms with Crippen LogP contribution in [0, 0.1) is 5.92 Å². The quantitative estimate of drug-likeness (QED) is 0.502. The summed E-state index contributed by atoms with van der Waals surface area (Å²) < 4.78 is 10.8. The van der Waals surface area contributed by atoms with Gasteiger partial charge in [0.25, 0.3) is 0 Å². The summed E-state index contributed by atoms with van der Waals surface area (Å²) in [5.74, 6) is 1.73. The van der Waals surface area contributed by atoms with Gasteiger partial charge in [-0.15, -0.1) is 0 Å². The molecule has 2 heterocycles. The van der Waals surface area contributed by atoms with Crippen molar-refractivity contribution in [2.75, 3.05) is 12.4 Å². The van der Waals surface area contributed by atoms with E-state index in [1.165, 1.54) is 0 Å². The summed E-state index contributed by atoms with van der Waals surface area (Å²) in [6.45, 7) is 5.86. The van der Waals surface area contributed by atoms with E-state index in [0.717, 1.165) is 29.5 Å². The zero-order chi connectivity index (χ0) is 23.6. The zero-order valence-electron chi connectivity index (χ0n) is 19.3. The van der Waals surface area contributed by atoms with Crippen molar-refractivity contribution < 1.29 is 18.8 Å². The van der Waals surface area contributed by atoms with E-state index < -0.39 is 0 Å². The van der Waals surface area contributed by atoms with E-state index in [1.807, 2.05) is 51.1 Å². The fraction of sp³-hybridized carbons (Fsp3) is 0.400. The summed E-state index contributed by atoms with van der Waals surface area (Å²) in [6.07, 6.45) is 4.29.